The Kier molecular flexibility index (Phi) is 3.13. The minimum absolute atomic E-state index is 0.413. The molecule has 0 unspecified atom stereocenters. The molecule has 2 heteroatoms. The van der Waals surface area contributed by atoms with Gasteiger partial charge in [-0.05, 0) is 58.8 Å². The molecule has 14 heavy (non-hydrogen) atoms. The van der Waals surface area contributed by atoms with Crippen LogP contribution < -0.4 is 5.32 Å². The number of nitrogens with one attached hydrogen (secondary N) is 1. The summed E-state index contributed by atoms with van der Waals surface area (Å²) in [7, 11) is 2.10. The summed E-state index contributed by atoms with van der Waals surface area (Å²) >= 11 is 0. The number of piperidine rings is 1. The molecule has 1 saturated heterocycles. The molecular formula is C12H24N2. The third-order valence-electron chi connectivity index (χ3n) is 4.11. The topological polar surface area (TPSA) is 15.3 Å². The van der Waals surface area contributed by atoms with Crippen LogP contribution in [-0.2, 0) is 0 Å². The molecule has 0 aromatic carbocycles. The summed E-state index contributed by atoms with van der Waals surface area (Å²) in [5, 5.41) is 3.45. The van der Waals surface area contributed by atoms with Crippen LogP contribution in [0.1, 0.15) is 39.0 Å². The van der Waals surface area contributed by atoms with Crippen LogP contribution in [0.25, 0.3) is 0 Å². The Balaban J connectivity index is 1.66. The van der Waals surface area contributed by atoms with Gasteiger partial charge in [0.2, 0.25) is 0 Å². The molecule has 1 N–H and O–H groups in total. The van der Waals surface area contributed by atoms with E-state index in [1.54, 1.807) is 0 Å². The molecule has 2 nitrogen and oxygen atoms in total. The van der Waals surface area contributed by atoms with Gasteiger partial charge in [-0.3, -0.25) is 0 Å². The second kappa shape index (κ2) is 4.19. The van der Waals surface area contributed by atoms with Crippen molar-refractivity contribution in [3.05, 3.63) is 0 Å². The molecule has 0 radical (unpaired) electrons. The Hall–Kier alpha value is -0.0800. The van der Waals surface area contributed by atoms with E-state index >= 15 is 0 Å². The molecule has 1 heterocycles. The largest absolute Gasteiger partial charge is 0.314 e. The van der Waals surface area contributed by atoms with Crippen molar-refractivity contribution in [2.45, 2.75) is 44.6 Å². The van der Waals surface area contributed by atoms with Crippen molar-refractivity contribution in [1.29, 1.82) is 0 Å². The van der Waals surface area contributed by atoms with Crippen LogP contribution >= 0.6 is 0 Å². The monoisotopic (exact) mass is 196 g/mol. The van der Waals surface area contributed by atoms with E-state index in [0.717, 1.165) is 5.92 Å². The first-order valence-corrected chi connectivity index (χ1v) is 6.13. The minimum Gasteiger partial charge on any atom is -0.314 e. The maximum atomic E-state index is 3.45. The maximum Gasteiger partial charge on any atom is 0.0174 e. The minimum atomic E-state index is 0.413. The smallest absolute Gasteiger partial charge is 0.0174 e. The summed E-state index contributed by atoms with van der Waals surface area (Å²) in [6.07, 6.45) is 7.09. The van der Waals surface area contributed by atoms with Crippen molar-refractivity contribution in [3.8, 4) is 0 Å². The Morgan fingerprint density at radius 3 is 2.43 bits per heavy atom. The first-order valence-electron chi connectivity index (χ1n) is 6.13. The third kappa shape index (κ3) is 2.71. The summed E-state index contributed by atoms with van der Waals surface area (Å²) in [6, 6.07) is 0. The zero-order valence-corrected chi connectivity index (χ0v) is 9.68. The van der Waals surface area contributed by atoms with Crippen LogP contribution in [-0.4, -0.2) is 37.1 Å². The zero-order valence-electron chi connectivity index (χ0n) is 9.68. The molecule has 0 amide bonds. The van der Waals surface area contributed by atoms with Crippen LogP contribution in [0, 0.1) is 5.92 Å². The lowest BCUT2D eigenvalue weighted by Gasteiger charge is -2.39. The van der Waals surface area contributed by atoms with Gasteiger partial charge < -0.3 is 10.2 Å². The highest BCUT2D eigenvalue weighted by atomic mass is 15.1. The first-order chi connectivity index (χ1) is 6.72. The van der Waals surface area contributed by atoms with Gasteiger partial charge in [0.25, 0.3) is 0 Å². The Bertz CT molecular complexity index is 179. The lowest BCUT2D eigenvalue weighted by atomic mass is 9.90. The summed E-state index contributed by atoms with van der Waals surface area (Å²) in [4.78, 5) is 2.65. The molecule has 0 atom stereocenters. The highest BCUT2D eigenvalue weighted by Crippen LogP contribution is 2.33. The quantitative estimate of drug-likeness (QED) is 0.738. The maximum absolute atomic E-state index is 3.45. The van der Waals surface area contributed by atoms with Crippen molar-refractivity contribution in [2.24, 2.45) is 5.92 Å². The van der Waals surface area contributed by atoms with Crippen LogP contribution in [0.2, 0.25) is 0 Å². The number of hydrogen-bond donors (Lipinski definition) is 1. The molecule has 0 aromatic rings. The van der Waals surface area contributed by atoms with Crippen molar-refractivity contribution in [3.63, 3.8) is 0 Å². The molecule has 1 aliphatic heterocycles. The summed E-state index contributed by atoms with van der Waals surface area (Å²) in [5.74, 6) is 1.09. The Morgan fingerprint density at radius 1 is 1.29 bits per heavy atom. The van der Waals surface area contributed by atoms with E-state index in [9.17, 15) is 0 Å². The van der Waals surface area contributed by atoms with Crippen LogP contribution in [0.4, 0.5) is 0 Å². The Morgan fingerprint density at radius 2 is 1.93 bits per heavy atom. The second-order valence-electron chi connectivity index (χ2n) is 5.38. The standard InChI is InChI=1S/C12H24N2/c1-12(13-2)6-9-14(10-7-12)8-5-11-3-4-11/h11,13H,3-10H2,1-2H3. The van der Waals surface area contributed by atoms with E-state index in [4.69, 9.17) is 0 Å². The van der Waals surface area contributed by atoms with Gasteiger partial charge in [-0.2, -0.15) is 0 Å². The van der Waals surface area contributed by atoms with E-state index in [1.165, 1.54) is 51.7 Å². The van der Waals surface area contributed by atoms with Crippen molar-refractivity contribution in [1.82, 2.24) is 10.2 Å². The fraction of sp³-hybridized carbons (Fsp3) is 1.00. The van der Waals surface area contributed by atoms with E-state index in [1.807, 2.05) is 0 Å². The molecule has 2 aliphatic rings. The van der Waals surface area contributed by atoms with Crippen molar-refractivity contribution < 1.29 is 0 Å². The average molecular weight is 196 g/mol. The highest BCUT2D eigenvalue weighted by Gasteiger charge is 2.29. The molecule has 0 bridgehead atoms. The van der Waals surface area contributed by atoms with Gasteiger partial charge >= 0.3 is 0 Å². The molecule has 2 fully saturated rings. The van der Waals surface area contributed by atoms with Gasteiger partial charge in [0.1, 0.15) is 0 Å². The molecule has 82 valence electrons. The van der Waals surface area contributed by atoms with Crippen molar-refractivity contribution in [2.75, 3.05) is 26.7 Å². The summed E-state index contributed by atoms with van der Waals surface area (Å²) in [5.41, 5.74) is 0.413. The van der Waals surface area contributed by atoms with E-state index in [0.29, 0.717) is 5.54 Å². The Labute approximate surface area is 88.1 Å². The number of hydrogen-bond acceptors (Lipinski definition) is 2. The first kappa shape index (κ1) is 10.4. The summed E-state index contributed by atoms with van der Waals surface area (Å²) < 4.78 is 0. The van der Waals surface area contributed by atoms with Gasteiger partial charge in [0.15, 0.2) is 0 Å². The van der Waals surface area contributed by atoms with Gasteiger partial charge in [0.05, 0.1) is 0 Å². The second-order valence-corrected chi connectivity index (χ2v) is 5.38. The average Bonchev–Trinajstić information content (AvgIpc) is 3.01. The fourth-order valence-electron chi connectivity index (χ4n) is 2.29. The van der Waals surface area contributed by atoms with E-state index < -0.39 is 0 Å². The highest BCUT2D eigenvalue weighted by molar-refractivity contribution is 4.88. The third-order valence-corrected chi connectivity index (χ3v) is 4.11. The van der Waals surface area contributed by atoms with Crippen molar-refractivity contribution >= 4 is 0 Å². The number of nitrogens with zero attached hydrogens (tertiary/aromatic N) is 1. The lowest BCUT2D eigenvalue weighted by Crippen LogP contribution is -2.50. The van der Waals surface area contributed by atoms with Gasteiger partial charge in [-0.15, -0.1) is 0 Å². The molecule has 1 aliphatic carbocycles. The van der Waals surface area contributed by atoms with Gasteiger partial charge in [-0.25, -0.2) is 0 Å². The van der Waals surface area contributed by atoms with Gasteiger partial charge in [-0.1, -0.05) is 12.8 Å². The molecular weight excluding hydrogens is 172 g/mol. The van der Waals surface area contributed by atoms with Crippen LogP contribution in [0.3, 0.4) is 0 Å². The SMILES string of the molecule is CNC1(C)CCN(CCC2CC2)CC1. The fourth-order valence-corrected chi connectivity index (χ4v) is 2.29. The van der Waals surface area contributed by atoms with Crippen LogP contribution in [0.15, 0.2) is 0 Å². The summed E-state index contributed by atoms with van der Waals surface area (Å²) in [6.45, 7) is 6.30. The predicted molar refractivity (Wildman–Crippen MR) is 60.5 cm³/mol. The number of rotatable bonds is 4. The van der Waals surface area contributed by atoms with E-state index in [2.05, 4.69) is 24.2 Å². The van der Waals surface area contributed by atoms with Gasteiger partial charge in [0, 0.05) is 5.54 Å². The normalized spacial score (nSPS) is 27.9. The van der Waals surface area contributed by atoms with Crippen LogP contribution in [0.5, 0.6) is 0 Å². The number of likely N-dealkylation sites (tertiary alicyclic amines) is 1. The molecule has 2 rings (SSSR count). The van der Waals surface area contributed by atoms with E-state index in [-0.39, 0.29) is 0 Å². The zero-order chi connectivity index (χ0) is 10.0. The lowest BCUT2D eigenvalue weighted by molar-refractivity contribution is 0.149. The molecule has 0 spiro atoms. The molecule has 0 aromatic heterocycles. The molecule has 1 saturated carbocycles. The predicted octanol–water partition coefficient (Wildman–Crippen LogP) is 1.86.